The lowest BCUT2D eigenvalue weighted by molar-refractivity contribution is -0.164. The molecule has 0 N–H and O–H groups in total. The van der Waals surface area contributed by atoms with E-state index in [2.05, 4.69) is 95.7 Å². The van der Waals surface area contributed by atoms with E-state index in [4.69, 9.17) is 9.72 Å². The Labute approximate surface area is 181 Å². The largest absolute Gasteiger partial charge is 0.368 e. The maximum Gasteiger partial charge on any atom is 0.169 e. The molecule has 1 aliphatic rings. The van der Waals surface area contributed by atoms with E-state index in [0.717, 1.165) is 41.7 Å². The summed E-state index contributed by atoms with van der Waals surface area (Å²) in [6.45, 7) is 1.58. The number of hydrogen-bond donors (Lipinski definition) is 0. The van der Waals surface area contributed by atoms with Crippen molar-refractivity contribution in [1.29, 1.82) is 0 Å². The van der Waals surface area contributed by atoms with Gasteiger partial charge in [0.25, 0.3) is 0 Å². The summed E-state index contributed by atoms with van der Waals surface area (Å²) >= 11 is 1.78. The zero-order valence-corrected chi connectivity index (χ0v) is 17.6. The highest BCUT2D eigenvalue weighted by molar-refractivity contribution is 7.98. The zero-order valence-electron chi connectivity index (χ0n) is 16.8. The smallest absolute Gasteiger partial charge is 0.169 e. The molecular weight excluding hydrogens is 388 g/mol. The van der Waals surface area contributed by atoms with Gasteiger partial charge in [-0.2, -0.15) is 0 Å². The topological polar surface area (TPSA) is 27.1 Å². The summed E-state index contributed by atoms with van der Waals surface area (Å²) in [6, 6.07) is 31.5. The lowest BCUT2D eigenvalue weighted by atomic mass is 9.86. The van der Waals surface area contributed by atoms with E-state index in [0.29, 0.717) is 0 Å². The molecule has 0 saturated carbocycles. The third-order valence-electron chi connectivity index (χ3n) is 5.63. The second kappa shape index (κ2) is 8.50. The summed E-state index contributed by atoms with van der Waals surface area (Å²) in [5, 5.41) is 1.03. The van der Waals surface area contributed by atoms with Gasteiger partial charge in [-0.05, 0) is 11.1 Å². The van der Waals surface area contributed by atoms with Gasteiger partial charge in [0.15, 0.2) is 5.16 Å². The molecule has 0 spiro atoms. The molecule has 3 nitrogen and oxygen atoms in total. The number of benzene rings is 3. The Balaban J connectivity index is 1.47. The summed E-state index contributed by atoms with van der Waals surface area (Å²) < 4.78 is 8.46. The van der Waals surface area contributed by atoms with Crippen LogP contribution in [-0.4, -0.2) is 16.2 Å². The summed E-state index contributed by atoms with van der Waals surface area (Å²) in [5.74, 6) is 0.894. The zero-order chi connectivity index (χ0) is 20.2. The standard InChI is InChI=1S/C26H24N2OS/c1-4-10-21(11-5-1)19-30-25-27-24(22-12-6-2-7-13-22)18-28(25)20-26(16-17-29-26)23-14-8-3-9-15-23/h1-15,18H,16-17,19-20H2. The van der Waals surface area contributed by atoms with Crippen molar-refractivity contribution >= 4 is 11.8 Å². The Hall–Kier alpha value is -2.82. The Kier molecular flexibility index (Phi) is 5.43. The first-order valence-corrected chi connectivity index (χ1v) is 11.3. The van der Waals surface area contributed by atoms with Crippen molar-refractivity contribution in [3.63, 3.8) is 0 Å². The number of thioether (sulfide) groups is 1. The fourth-order valence-corrected chi connectivity index (χ4v) is 4.84. The first-order valence-electron chi connectivity index (χ1n) is 10.3. The van der Waals surface area contributed by atoms with E-state index < -0.39 is 0 Å². The highest BCUT2D eigenvalue weighted by atomic mass is 32.2. The molecule has 1 fully saturated rings. The fourth-order valence-electron chi connectivity index (χ4n) is 3.91. The minimum atomic E-state index is -0.266. The van der Waals surface area contributed by atoms with Crippen LogP contribution >= 0.6 is 11.8 Å². The van der Waals surface area contributed by atoms with Crippen molar-refractivity contribution in [2.75, 3.05) is 6.61 Å². The average Bonchev–Trinajstić information content (AvgIpc) is 3.19. The van der Waals surface area contributed by atoms with Crippen LogP contribution in [0.4, 0.5) is 0 Å². The van der Waals surface area contributed by atoms with Gasteiger partial charge in [0, 0.05) is 23.9 Å². The van der Waals surface area contributed by atoms with Gasteiger partial charge in [0.1, 0.15) is 5.60 Å². The van der Waals surface area contributed by atoms with Crippen LogP contribution in [0.5, 0.6) is 0 Å². The van der Waals surface area contributed by atoms with E-state index in [1.54, 1.807) is 11.8 Å². The van der Waals surface area contributed by atoms with Gasteiger partial charge in [-0.1, -0.05) is 103 Å². The number of hydrogen-bond acceptors (Lipinski definition) is 3. The first-order chi connectivity index (χ1) is 14.8. The monoisotopic (exact) mass is 412 g/mol. The summed E-state index contributed by atoms with van der Waals surface area (Å²) in [4.78, 5) is 5.00. The highest BCUT2D eigenvalue weighted by Gasteiger charge is 2.41. The molecule has 0 aliphatic carbocycles. The van der Waals surface area contributed by atoms with Crippen molar-refractivity contribution in [3.8, 4) is 11.3 Å². The molecule has 3 aromatic carbocycles. The lowest BCUT2D eigenvalue weighted by Gasteiger charge is -2.42. The van der Waals surface area contributed by atoms with E-state index in [9.17, 15) is 0 Å². The maximum atomic E-state index is 6.18. The number of nitrogens with zero attached hydrogens (tertiary/aromatic N) is 2. The Morgan fingerprint density at radius 1 is 0.867 bits per heavy atom. The second-order valence-electron chi connectivity index (χ2n) is 7.64. The molecule has 1 aromatic heterocycles. The number of aromatic nitrogens is 2. The van der Waals surface area contributed by atoms with Gasteiger partial charge in [-0.15, -0.1) is 0 Å². The average molecular weight is 413 g/mol. The summed E-state index contributed by atoms with van der Waals surface area (Å²) in [7, 11) is 0. The summed E-state index contributed by atoms with van der Waals surface area (Å²) in [5.41, 5.74) is 4.42. The Bertz CT molecular complexity index is 1090. The van der Waals surface area contributed by atoms with Crippen molar-refractivity contribution < 1.29 is 4.74 Å². The molecule has 30 heavy (non-hydrogen) atoms. The summed E-state index contributed by atoms with van der Waals surface area (Å²) in [6.07, 6.45) is 3.20. The number of imidazole rings is 1. The third kappa shape index (κ3) is 3.93. The molecule has 4 aromatic rings. The van der Waals surface area contributed by atoms with Gasteiger partial charge in [-0.25, -0.2) is 4.98 Å². The van der Waals surface area contributed by atoms with Crippen molar-refractivity contribution in [2.45, 2.75) is 29.5 Å². The van der Waals surface area contributed by atoms with Crippen LogP contribution in [0.25, 0.3) is 11.3 Å². The molecule has 1 aliphatic heterocycles. The van der Waals surface area contributed by atoms with E-state index >= 15 is 0 Å². The Morgan fingerprint density at radius 2 is 1.50 bits per heavy atom. The fraction of sp³-hybridized carbons (Fsp3) is 0.192. The molecular formula is C26H24N2OS. The number of rotatable bonds is 7. The van der Waals surface area contributed by atoms with Crippen LogP contribution < -0.4 is 0 Å². The molecule has 150 valence electrons. The normalized spacial score (nSPS) is 18.1. The molecule has 0 bridgehead atoms. The van der Waals surface area contributed by atoms with Crippen LogP contribution in [0.1, 0.15) is 17.5 Å². The van der Waals surface area contributed by atoms with Crippen molar-refractivity contribution in [3.05, 3.63) is 108 Å². The predicted molar refractivity (Wildman–Crippen MR) is 122 cm³/mol. The van der Waals surface area contributed by atoms with Crippen molar-refractivity contribution in [2.24, 2.45) is 0 Å². The van der Waals surface area contributed by atoms with Crippen LogP contribution in [-0.2, 0) is 22.6 Å². The molecule has 1 unspecified atom stereocenters. The molecule has 1 saturated heterocycles. The Morgan fingerprint density at radius 3 is 2.13 bits per heavy atom. The van der Waals surface area contributed by atoms with Crippen LogP contribution in [0.3, 0.4) is 0 Å². The molecule has 2 heterocycles. The quantitative estimate of drug-likeness (QED) is 0.340. The van der Waals surface area contributed by atoms with E-state index in [1.165, 1.54) is 11.1 Å². The SMILES string of the molecule is c1ccc(CSc2nc(-c3ccccc3)cn2CC2(c3ccccc3)CCO2)cc1. The first kappa shape index (κ1) is 19.2. The predicted octanol–water partition coefficient (Wildman–Crippen LogP) is 6.16. The molecule has 0 radical (unpaired) electrons. The van der Waals surface area contributed by atoms with Gasteiger partial charge in [-0.3, -0.25) is 0 Å². The highest BCUT2D eigenvalue weighted by Crippen LogP contribution is 2.40. The van der Waals surface area contributed by atoms with Crippen LogP contribution in [0.2, 0.25) is 0 Å². The molecule has 5 rings (SSSR count). The number of ether oxygens (including phenoxy) is 1. The molecule has 4 heteroatoms. The maximum absolute atomic E-state index is 6.18. The van der Waals surface area contributed by atoms with Gasteiger partial charge in [0.2, 0.25) is 0 Å². The van der Waals surface area contributed by atoms with Crippen molar-refractivity contribution in [1.82, 2.24) is 9.55 Å². The minimum Gasteiger partial charge on any atom is -0.368 e. The second-order valence-corrected chi connectivity index (χ2v) is 8.58. The van der Waals surface area contributed by atoms with Crippen LogP contribution in [0.15, 0.2) is 102 Å². The van der Waals surface area contributed by atoms with E-state index in [-0.39, 0.29) is 5.60 Å². The van der Waals surface area contributed by atoms with Gasteiger partial charge < -0.3 is 9.30 Å². The molecule has 0 amide bonds. The van der Waals surface area contributed by atoms with Gasteiger partial charge >= 0.3 is 0 Å². The molecule has 1 atom stereocenters. The van der Waals surface area contributed by atoms with E-state index in [1.807, 2.05) is 6.07 Å². The van der Waals surface area contributed by atoms with Crippen LogP contribution in [0, 0.1) is 0 Å². The van der Waals surface area contributed by atoms with Gasteiger partial charge in [0.05, 0.1) is 18.8 Å². The third-order valence-corrected chi connectivity index (χ3v) is 6.69. The minimum absolute atomic E-state index is 0.266. The lowest BCUT2D eigenvalue weighted by Crippen LogP contribution is -2.44.